The molecule has 2 aromatic rings. The third-order valence-electron chi connectivity index (χ3n) is 5.00. The van der Waals surface area contributed by atoms with Crippen LogP contribution in [0.25, 0.3) is 0 Å². The second kappa shape index (κ2) is 13.4. The summed E-state index contributed by atoms with van der Waals surface area (Å²) in [6.07, 6.45) is 1.88. The van der Waals surface area contributed by atoms with E-state index in [1.54, 1.807) is 0 Å². The molecule has 0 aromatic heterocycles. The van der Waals surface area contributed by atoms with Gasteiger partial charge in [-0.25, -0.2) is 4.79 Å². The van der Waals surface area contributed by atoms with Crippen LogP contribution >= 0.6 is 12.4 Å². The lowest BCUT2D eigenvalue weighted by atomic mass is 9.86. The van der Waals surface area contributed by atoms with Crippen LogP contribution in [0, 0.1) is 0 Å². The molecule has 0 heterocycles. The van der Waals surface area contributed by atoms with E-state index in [9.17, 15) is 4.79 Å². The highest BCUT2D eigenvalue weighted by atomic mass is 35.5. The summed E-state index contributed by atoms with van der Waals surface area (Å²) in [7, 11) is 0. The summed E-state index contributed by atoms with van der Waals surface area (Å²) in [6, 6.07) is 19.3. The van der Waals surface area contributed by atoms with Gasteiger partial charge in [-0.1, -0.05) is 87.9 Å². The summed E-state index contributed by atoms with van der Waals surface area (Å²) in [6.45, 7) is 9.75. The zero-order valence-electron chi connectivity index (χ0n) is 17.8. The standard InChI is InChI=1S/C24H33NO3.ClH/c1-4-7-19-28-24(21-14-10-8-11-15-21,22-16-12-9-13-17-22)23(26)27-20-18-25(5-2)6-3;/h8-17H,4-7,18-20H2,1-3H3;1H. The number of benzene rings is 2. The first-order valence-corrected chi connectivity index (χ1v) is 10.3. The van der Waals surface area contributed by atoms with Crippen molar-refractivity contribution in [3.63, 3.8) is 0 Å². The Morgan fingerprint density at radius 3 is 1.83 bits per heavy atom. The minimum Gasteiger partial charge on any atom is -0.462 e. The number of hydrogen-bond acceptors (Lipinski definition) is 4. The maximum Gasteiger partial charge on any atom is 0.347 e. The molecule has 2 aromatic carbocycles. The number of ether oxygens (including phenoxy) is 2. The molecule has 0 aliphatic rings. The Morgan fingerprint density at radius 1 is 0.862 bits per heavy atom. The Labute approximate surface area is 181 Å². The van der Waals surface area contributed by atoms with E-state index in [4.69, 9.17) is 9.47 Å². The fraction of sp³-hybridized carbons (Fsp3) is 0.458. The van der Waals surface area contributed by atoms with Gasteiger partial charge in [0.25, 0.3) is 0 Å². The van der Waals surface area contributed by atoms with Gasteiger partial charge < -0.3 is 14.4 Å². The molecule has 0 saturated carbocycles. The molecule has 0 fully saturated rings. The van der Waals surface area contributed by atoms with Gasteiger partial charge in [0.2, 0.25) is 5.60 Å². The third kappa shape index (κ3) is 6.56. The third-order valence-corrected chi connectivity index (χ3v) is 5.00. The molecule has 29 heavy (non-hydrogen) atoms. The summed E-state index contributed by atoms with van der Waals surface area (Å²) >= 11 is 0. The summed E-state index contributed by atoms with van der Waals surface area (Å²) in [5, 5.41) is 0. The van der Waals surface area contributed by atoms with Crippen LogP contribution in [-0.4, -0.2) is 43.7 Å². The maximum atomic E-state index is 13.5. The minimum atomic E-state index is -1.25. The van der Waals surface area contributed by atoms with Crippen LogP contribution < -0.4 is 0 Å². The SMILES string of the molecule is CCCCOC(C(=O)OCCN(CC)CC)(c1ccccc1)c1ccccc1.Cl. The summed E-state index contributed by atoms with van der Waals surface area (Å²) < 4.78 is 12.1. The van der Waals surface area contributed by atoms with Crippen molar-refractivity contribution >= 4 is 18.4 Å². The van der Waals surface area contributed by atoms with Gasteiger partial charge in [-0.15, -0.1) is 12.4 Å². The predicted molar refractivity (Wildman–Crippen MR) is 121 cm³/mol. The van der Waals surface area contributed by atoms with Crippen molar-refractivity contribution in [2.75, 3.05) is 32.8 Å². The molecule has 5 heteroatoms. The number of esters is 1. The van der Waals surface area contributed by atoms with Crippen molar-refractivity contribution in [3.05, 3.63) is 71.8 Å². The number of unbranched alkanes of at least 4 members (excludes halogenated alkanes) is 1. The molecule has 0 radical (unpaired) electrons. The largest absolute Gasteiger partial charge is 0.462 e. The second-order valence-corrected chi connectivity index (χ2v) is 6.78. The van der Waals surface area contributed by atoms with E-state index in [2.05, 4.69) is 25.7 Å². The lowest BCUT2D eigenvalue weighted by Gasteiger charge is -2.33. The van der Waals surface area contributed by atoms with Gasteiger partial charge in [-0.05, 0) is 30.6 Å². The van der Waals surface area contributed by atoms with Crippen LogP contribution in [0.5, 0.6) is 0 Å². The van der Waals surface area contributed by atoms with Gasteiger partial charge in [0.05, 0.1) is 0 Å². The van der Waals surface area contributed by atoms with Crippen molar-refractivity contribution < 1.29 is 14.3 Å². The van der Waals surface area contributed by atoms with Crippen LogP contribution in [-0.2, 0) is 19.9 Å². The monoisotopic (exact) mass is 419 g/mol. The first-order valence-electron chi connectivity index (χ1n) is 10.3. The van der Waals surface area contributed by atoms with E-state index >= 15 is 0 Å². The van der Waals surface area contributed by atoms with Crippen molar-refractivity contribution in [2.45, 2.75) is 39.2 Å². The van der Waals surface area contributed by atoms with Crippen LogP contribution in [0.1, 0.15) is 44.7 Å². The van der Waals surface area contributed by atoms with E-state index < -0.39 is 5.60 Å². The molecule has 0 aliphatic heterocycles. The molecule has 0 aliphatic carbocycles. The smallest absolute Gasteiger partial charge is 0.347 e. The highest BCUT2D eigenvalue weighted by Gasteiger charge is 2.45. The van der Waals surface area contributed by atoms with Crippen molar-refractivity contribution in [3.8, 4) is 0 Å². The number of nitrogens with zero attached hydrogens (tertiary/aromatic N) is 1. The van der Waals surface area contributed by atoms with E-state index in [0.717, 1.165) is 37.1 Å². The molecule has 0 atom stereocenters. The van der Waals surface area contributed by atoms with Crippen LogP contribution in [0.15, 0.2) is 60.7 Å². The molecule has 0 saturated heterocycles. The molecule has 0 N–H and O–H groups in total. The molecule has 0 bridgehead atoms. The van der Waals surface area contributed by atoms with Crippen LogP contribution in [0.3, 0.4) is 0 Å². The quantitative estimate of drug-likeness (QED) is 0.356. The summed E-state index contributed by atoms with van der Waals surface area (Å²) in [5.74, 6) is -0.354. The number of carbonyl (C=O) groups excluding carboxylic acids is 1. The minimum absolute atomic E-state index is 0. The molecule has 0 spiro atoms. The molecule has 4 nitrogen and oxygen atoms in total. The van der Waals surface area contributed by atoms with Crippen LogP contribution in [0.4, 0.5) is 0 Å². The first kappa shape index (κ1) is 25.2. The lowest BCUT2D eigenvalue weighted by Crippen LogP contribution is -2.42. The van der Waals surface area contributed by atoms with Crippen LogP contribution in [0.2, 0.25) is 0 Å². The molecule has 160 valence electrons. The van der Waals surface area contributed by atoms with Gasteiger partial charge in [-0.3, -0.25) is 0 Å². The van der Waals surface area contributed by atoms with E-state index in [1.165, 1.54) is 0 Å². The van der Waals surface area contributed by atoms with Crippen molar-refractivity contribution in [1.82, 2.24) is 4.90 Å². The van der Waals surface area contributed by atoms with Gasteiger partial charge in [-0.2, -0.15) is 0 Å². The number of hydrogen-bond donors (Lipinski definition) is 0. The zero-order valence-corrected chi connectivity index (χ0v) is 18.6. The molecule has 0 unspecified atom stereocenters. The molecule has 0 amide bonds. The molecular weight excluding hydrogens is 386 g/mol. The Bertz CT molecular complexity index is 650. The van der Waals surface area contributed by atoms with E-state index in [0.29, 0.717) is 19.8 Å². The Balaban J connectivity index is 0.00000420. The molecular formula is C24H34ClNO3. The number of rotatable bonds is 12. The predicted octanol–water partition coefficient (Wildman–Crippen LogP) is 5.05. The number of halogens is 1. The van der Waals surface area contributed by atoms with Crippen molar-refractivity contribution in [1.29, 1.82) is 0 Å². The Morgan fingerprint density at radius 2 is 1.38 bits per heavy atom. The number of likely N-dealkylation sites (N-methyl/N-ethyl adjacent to an activating group) is 1. The topological polar surface area (TPSA) is 38.8 Å². The van der Waals surface area contributed by atoms with Gasteiger partial charge >= 0.3 is 5.97 Å². The summed E-state index contributed by atoms with van der Waals surface area (Å²) in [5.41, 5.74) is 0.344. The highest BCUT2D eigenvalue weighted by Crippen LogP contribution is 2.35. The average molecular weight is 420 g/mol. The zero-order chi connectivity index (χ0) is 20.2. The molecule has 2 rings (SSSR count). The van der Waals surface area contributed by atoms with E-state index in [1.807, 2.05) is 60.7 Å². The van der Waals surface area contributed by atoms with Gasteiger partial charge in [0, 0.05) is 13.2 Å². The van der Waals surface area contributed by atoms with Gasteiger partial charge in [0.1, 0.15) is 6.61 Å². The second-order valence-electron chi connectivity index (χ2n) is 6.78. The van der Waals surface area contributed by atoms with Crippen molar-refractivity contribution in [2.24, 2.45) is 0 Å². The Hall–Kier alpha value is -1.88. The summed E-state index contributed by atoms with van der Waals surface area (Å²) in [4.78, 5) is 15.7. The normalized spacial score (nSPS) is 11.2. The fourth-order valence-corrected chi connectivity index (χ4v) is 3.25. The van der Waals surface area contributed by atoms with E-state index in [-0.39, 0.29) is 18.4 Å². The first-order chi connectivity index (χ1) is 13.7. The fourth-order valence-electron chi connectivity index (χ4n) is 3.25. The average Bonchev–Trinajstić information content (AvgIpc) is 2.75. The Kier molecular flexibility index (Phi) is 11.6. The maximum absolute atomic E-state index is 13.5. The lowest BCUT2D eigenvalue weighted by molar-refractivity contribution is -0.169. The van der Waals surface area contributed by atoms with Gasteiger partial charge in [0.15, 0.2) is 0 Å². The number of carbonyl (C=O) groups is 1. The highest BCUT2D eigenvalue weighted by molar-refractivity contribution is 5.86.